The van der Waals surface area contributed by atoms with E-state index in [9.17, 15) is 4.79 Å². The maximum atomic E-state index is 12.6. The molecule has 1 amide bonds. The third kappa shape index (κ3) is 2.97. The summed E-state index contributed by atoms with van der Waals surface area (Å²) in [6, 6.07) is 6.26. The molecule has 0 aliphatic carbocycles. The Balaban J connectivity index is 2.26. The number of halogens is 2. The highest BCUT2D eigenvalue weighted by Gasteiger charge is 2.27. The molecule has 1 unspecified atom stereocenters. The van der Waals surface area contributed by atoms with E-state index >= 15 is 0 Å². The minimum Gasteiger partial charge on any atom is -0.335 e. The van der Waals surface area contributed by atoms with Gasteiger partial charge in [0.15, 0.2) is 0 Å². The number of hydrogen-bond donors (Lipinski definition) is 0. The number of nitrogens with zero attached hydrogens (tertiary/aromatic N) is 1. The van der Waals surface area contributed by atoms with Crippen LogP contribution in [0.25, 0.3) is 0 Å². The molecule has 1 aliphatic heterocycles. The van der Waals surface area contributed by atoms with E-state index in [0.29, 0.717) is 6.04 Å². The highest BCUT2D eigenvalue weighted by molar-refractivity contribution is 9.10. The first kappa shape index (κ1) is 14.1. The fraction of sp³-hybridized carbons (Fsp3) is 0.500. The second kappa shape index (κ2) is 6.20. The van der Waals surface area contributed by atoms with Crippen LogP contribution in [0.3, 0.4) is 0 Å². The Hall–Kier alpha value is -0.350. The van der Waals surface area contributed by atoms with Gasteiger partial charge in [-0.1, -0.05) is 27.6 Å². The van der Waals surface area contributed by atoms with Crippen molar-refractivity contribution in [2.45, 2.75) is 32.2 Å². The first-order valence-corrected chi connectivity index (χ1v) is 8.18. The maximum absolute atomic E-state index is 12.6. The number of aryl methyl sites for hydroxylation is 1. The van der Waals surface area contributed by atoms with E-state index in [2.05, 4.69) is 31.9 Å². The molecule has 0 N–H and O–H groups in total. The largest absolute Gasteiger partial charge is 0.335 e. The van der Waals surface area contributed by atoms with E-state index in [1.807, 2.05) is 30.0 Å². The number of benzene rings is 1. The van der Waals surface area contributed by atoms with Crippen molar-refractivity contribution in [2.75, 3.05) is 11.9 Å². The molecule has 0 aromatic heterocycles. The standard InChI is InChI=1S/C14H17Br2NO/c1-10-5-6-13(16)12(8-10)14(18)17-7-3-2-4-11(17)9-15/h5-6,8,11H,2-4,7,9H2,1H3. The smallest absolute Gasteiger partial charge is 0.255 e. The number of rotatable bonds is 2. The Morgan fingerprint density at radius 1 is 1.44 bits per heavy atom. The lowest BCUT2D eigenvalue weighted by Gasteiger charge is -2.35. The highest BCUT2D eigenvalue weighted by Crippen LogP contribution is 2.25. The van der Waals surface area contributed by atoms with Crippen molar-refractivity contribution in [3.05, 3.63) is 33.8 Å². The average molecular weight is 375 g/mol. The summed E-state index contributed by atoms with van der Waals surface area (Å²) >= 11 is 7.00. The van der Waals surface area contributed by atoms with E-state index in [-0.39, 0.29) is 5.91 Å². The molecule has 2 nitrogen and oxygen atoms in total. The van der Waals surface area contributed by atoms with Crippen molar-refractivity contribution in [3.63, 3.8) is 0 Å². The predicted molar refractivity (Wildman–Crippen MR) is 81.3 cm³/mol. The topological polar surface area (TPSA) is 20.3 Å². The number of hydrogen-bond acceptors (Lipinski definition) is 1. The van der Waals surface area contributed by atoms with E-state index in [4.69, 9.17) is 0 Å². The molecule has 0 spiro atoms. The lowest BCUT2D eigenvalue weighted by atomic mass is 10.0. The summed E-state index contributed by atoms with van der Waals surface area (Å²) in [5.74, 6) is 0.148. The Labute approximate surface area is 125 Å². The molecule has 1 atom stereocenters. The van der Waals surface area contributed by atoms with Gasteiger partial charge >= 0.3 is 0 Å². The normalized spacial score (nSPS) is 19.9. The summed E-state index contributed by atoms with van der Waals surface area (Å²) < 4.78 is 0.886. The van der Waals surface area contributed by atoms with Crippen LogP contribution in [-0.4, -0.2) is 28.7 Å². The van der Waals surface area contributed by atoms with E-state index in [1.54, 1.807) is 0 Å². The van der Waals surface area contributed by atoms with Gasteiger partial charge in [-0.2, -0.15) is 0 Å². The summed E-state index contributed by atoms with van der Waals surface area (Å²) in [5.41, 5.74) is 1.90. The number of amides is 1. The second-order valence-corrected chi connectivity index (χ2v) is 6.29. The van der Waals surface area contributed by atoms with Crippen molar-refractivity contribution in [2.24, 2.45) is 0 Å². The molecule has 1 fully saturated rings. The lowest BCUT2D eigenvalue weighted by Crippen LogP contribution is -2.44. The molecule has 18 heavy (non-hydrogen) atoms. The molecule has 1 aromatic carbocycles. The molecule has 0 bridgehead atoms. The summed E-state index contributed by atoms with van der Waals surface area (Å²) in [6.07, 6.45) is 3.42. The second-order valence-electron chi connectivity index (χ2n) is 4.79. The SMILES string of the molecule is Cc1ccc(Br)c(C(=O)N2CCCCC2CBr)c1. The summed E-state index contributed by atoms with van der Waals surface area (Å²) in [7, 11) is 0. The van der Waals surface area contributed by atoms with Gasteiger partial charge in [-0.15, -0.1) is 0 Å². The lowest BCUT2D eigenvalue weighted by molar-refractivity contribution is 0.0641. The molecule has 4 heteroatoms. The fourth-order valence-electron chi connectivity index (χ4n) is 2.39. The molecule has 0 radical (unpaired) electrons. The maximum Gasteiger partial charge on any atom is 0.255 e. The van der Waals surface area contributed by atoms with Crippen LogP contribution < -0.4 is 0 Å². The van der Waals surface area contributed by atoms with Gasteiger partial charge in [0, 0.05) is 22.4 Å². The summed E-state index contributed by atoms with van der Waals surface area (Å²) in [6.45, 7) is 2.89. The summed E-state index contributed by atoms with van der Waals surface area (Å²) in [4.78, 5) is 14.6. The molecular formula is C14H17Br2NO. The number of likely N-dealkylation sites (tertiary alicyclic amines) is 1. The molecule has 2 rings (SSSR count). The minimum atomic E-state index is 0.148. The third-order valence-electron chi connectivity index (χ3n) is 3.42. The van der Waals surface area contributed by atoms with Gasteiger partial charge in [0.2, 0.25) is 0 Å². The minimum absolute atomic E-state index is 0.148. The van der Waals surface area contributed by atoms with Crippen LogP contribution in [0, 0.1) is 6.92 Å². The number of alkyl halides is 1. The Kier molecular flexibility index (Phi) is 4.84. The zero-order chi connectivity index (χ0) is 13.1. The van der Waals surface area contributed by atoms with Gasteiger partial charge < -0.3 is 4.90 Å². The van der Waals surface area contributed by atoms with Crippen LogP contribution in [-0.2, 0) is 0 Å². The van der Waals surface area contributed by atoms with Crippen LogP contribution >= 0.6 is 31.9 Å². The molecule has 1 aliphatic rings. The van der Waals surface area contributed by atoms with Crippen molar-refractivity contribution in [1.29, 1.82) is 0 Å². The van der Waals surface area contributed by atoms with Gasteiger partial charge in [-0.3, -0.25) is 4.79 Å². The van der Waals surface area contributed by atoms with E-state index in [0.717, 1.165) is 40.3 Å². The number of carbonyl (C=O) groups is 1. The van der Waals surface area contributed by atoms with Gasteiger partial charge in [0.25, 0.3) is 5.91 Å². The molecule has 1 heterocycles. The highest BCUT2D eigenvalue weighted by atomic mass is 79.9. The van der Waals surface area contributed by atoms with E-state index < -0.39 is 0 Å². The fourth-order valence-corrected chi connectivity index (χ4v) is 3.48. The zero-order valence-electron chi connectivity index (χ0n) is 10.5. The van der Waals surface area contributed by atoms with Crippen LogP contribution in [0.5, 0.6) is 0 Å². The predicted octanol–water partition coefficient (Wildman–Crippen LogP) is 4.15. The molecular weight excluding hydrogens is 358 g/mol. The third-order valence-corrected chi connectivity index (χ3v) is 4.86. The first-order valence-electron chi connectivity index (χ1n) is 6.26. The Morgan fingerprint density at radius 2 is 2.22 bits per heavy atom. The van der Waals surface area contributed by atoms with Crippen molar-refractivity contribution >= 4 is 37.8 Å². The molecule has 98 valence electrons. The zero-order valence-corrected chi connectivity index (χ0v) is 13.6. The van der Waals surface area contributed by atoms with Crippen LogP contribution in [0.1, 0.15) is 35.2 Å². The quantitative estimate of drug-likeness (QED) is 0.712. The van der Waals surface area contributed by atoms with Gasteiger partial charge in [-0.25, -0.2) is 0 Å². The Morgan fingerprint density at radius 3 is 2.94 bits per heavy atom. The molecule has 1 aromatic rings. The first-order chi connectivity index (χ1) is 8.63. The molecule has 0 saturated carbocycles. The number of piperidine rings is 1. The van der Waals surface area contributed by atoms with Crippen LogP contribution in [0.15, 0.2) is 22.7 Å². The van der Waals surface area contributed by atoms with E-state index in [1.165, 1.54) is 6.42 Å². The van der Waals surface area contributed by atoms with Crippen LogP contribution in [0.2, 0.25) is 0 Å². The van der Waals surface area contributed by atoms with Gasteiger partial charge in [-0.05, 0) is 54.2 Å². The van der Waals surface area contributed by atoms with Gasteiger partial charge in [0.05, 0.1) is 5.56 Å². The van der Waals surface area contributed by atoms with Crippen LogP contribution in [0.4, 0.5) is 0 Å². The Bertz CT molecular complexity index is 447. The summed E-state index contributed by atoms with van der Waals surface area (Å²) in [5, 5.41) is 0.863. The average Bonchev–Trinajstić information content (AvgIpc) is 2.40. The molecule has 1 saturated heterocycles. The number of carbonyl (C=O) groups excluding carboxylic acids is 1. The van der Waals surface area contributed by atoms with Crippen molar-refractivity contribution < 1.29 is 4.79 Å². The van der Waals surface area contributed by atoms with Gasteiger partial charge in [0.1, 0.15) is 0 Å². The van der Waals surface area contributed by atoms with Crippen molar-refractivity contribution in [1.82, 2.24) is 4.90 Å². The monoisotopic (exact) mass is 373 g/mol. The van der Waals surface area contributed by atoms with Crippen molar-refractivity contribution in [3.8, 4) is 0 Å².